The molecule has 3 heterocycles. The molecule has 2 aromatic rings. The lowest BCUT2D eigenvalue weighted by atomic mass is 9.88. The number of carbonyl (C=O) groups excluding carboxylic acids is 4. The first-order valence-corrected chi connectivity index (χ1v) is 21.1. The molecule has 0 radical (unpaired) electrons. The van der Waals surface area contributed by atoms with Crippen molar-refractivity contribution in [3.8, 4) is 17.4 Å². The van der Waals surface area contributed by atoms with E-state index in [0.29, 0.717) is 68.2 Å². The van der Waals surface area contributed by atoms with Gasteiger partial charge in [0.25, 0.3) is 5.91 Å². The molecule has 1 aromatic heterocycles. The number of nitrogens with one attached hydrogen (secondary N) is 3. The van der Waals surface area contributed by atoms with Gasteiger partial charge in [-0.2, -0.15) is 13.2 Å². The van der Waals surface area contributed by atoms with Gasteiger partial charge in [0.2, 0.25) is 33.3 Å². The molecule has 6 rings (SSSR count). The summed E-state index contributed by atoms with van der Waals surface area (Å²) in [6.45, 7) is 6.29. The van der Waals surface area contributed by atoms with Gasteiger partial charge in [0.1, 0.15) is 23.7 Å². The first-order valence-electron chi connectivity index (χ1n) is 19.6. The minimum absolute atomic E-state index is 0.0468. The SMILES string of the molecule is COc1cc2ccnc(O[C@@H]3C[C@H]4C(=O)N[C@]5(C(=O)NS(=O)(=O)C6(C)CC6)C[C@H]5/C=C\CC[C@@H](C)C[C@@H](C)[C@H](NC(=O)OC(C)(C)C(F)(F)F)C(=O)N4C3)c2cc1OC. The lowest BCUT2D eigenvalue weighted by Crippen LogP contribution is -2.59. The Morgan fingerprint density at radius 3 is 2.37 bits per heavy atom. The average Bonchev–Trinajstić information content (AvgIpc) is 4.04. The van der Waals surface area contributed by atoms with E-state index in [1.165, 1.54) is 32.2 Å². The molecule has 19 heteroatoms. The van der Waals surface area contributed by atoms with Crippen molar-refractivity contribution in [1.29, 1.82) is 0 Å². The largest absolute Gasteiger partial charge is 0.493 e. The number of hydrogen-bond acceptors (Lipinski definition) is 11. The summed E-state index contributed by atoms with van der Waals surface area (Å²) in [6, 6.07) is 2.33. The predicted molar refractivity (Wildman–Crippen MR) is 208 cm³/mol. The van der Waals surface area contributed by atoms with Crippen LogP contribution in [-0.4, -0.2) is 103 Å². The van der Waals surface area contributed by atoms with Gasteiger partial charge in [-0.25, -0.2) is 18.2 Å². The fraction of sp³-hybridized carbons (Fsp3) is 0.625. The number of nitrogens with zero attached hydrogens (tertiary/aromatic N) is 2. The molecule has 2 aliphatic carbocycles. The van der Waals surface area contributed by atoms with E-state index in [4.69, 9.17) is 18.9 Å². The summed E-state index contributed by atoms with van der Waals surface area (Å²) in [5, 5.41) is 6.37. The zero-order chi connectivity index (χ0) is 43.3. The minimum atomic E-state index is -4.92. The molecule has 4 aliphatic rings. The van der Waals surface area contributed by atoms with Gasteiger partial charge in [-0.15, -0.1) is 0 Å². The van der Waals surface area contributed by atoms with Crippen LogP contribution < -0.4 is 29.6 Å². The Bertz CT molecular complexity index is 2130. The molecule has 7 atom stereocenters. The zero-order valence-electron chi connectivity index (χ0n) is 34.1. The maximum atomic E-state index is 14.8. The number of ether oxygens (including phenoxy) is 4. The van der Waals surface area contributed by atoms with Gasteiger partial charge in [0, 0.05) is 23.9 Å². The molecule has 3 fully saturated rings. The Hall–Kier alpha value is -4.81. The highest BCUT2D eigenvalue weighted by Crippen LogP contribution is 2.48. The number of sulfonamides is 1. The molecule has 324 valence electrons. The number of fused-ring (bicyclic) bond motifs is 3. The number of aromatic nitrogens is 1. The smallest absolute Gasteiger partial charge is 0.427 e. The third-order valence-electron chi connectivity index (χ3n) is 12.1. The highest BCUT2D eigenvalue weighted by atomic mass is 32.2. The summed E-state index contributed by atoms with van der Waals surface area (Å²) in [5.74, 6) is -2.76. The fourth-order valence-electron chi connectivity index (χ4n) is 7.77. The van der Waals surface area contributed by atoms with Crippen LogP contribution in [0.1, 0.15) is 79.6 Å². The van der Waals surface area contributed by atoms with Crippen molar-refractivity contribution >= 4 is 44.6 Å². The topological polar surface area (TPSA) is 192 Å². The molecule has 4 amide bonds. The quantitative estimate of drug-likeness (QED) is 0.290. The van der Waals surface area contributed by atoms with Crippen LogP contribution in [0.2, 0.25) is 0 Å². The number of halogens is 3. The van der Waals surface area contributed by atoms with E-state index in [-0.39, 0.29) is 31.2 Å². The number of hydrogen-bond donors (Lipinski definition) is 3. The number of allylic oxidation sites excluding steroid dienone is 1. The Balaban J connectivity index is 1.36. The molecule has 1 aromatic carbocycles. The van der Waals surface area contributed by atoms with E-state index in [2.05, 4.69) is 20.3 Å². The third kappa shape index (κ3) is 8.89. The van der Waals surface area contributed by atoms with Gasteiger partial charge in [-0.1, -0.05) is 26.0 Å². The summed E-state index contributed by atoms with van der Waals surface area (Å²) in [5.41, 5.74) is -4.55. The van der Waals surface area contributed by atoms with Crippen LogP contribution in [0, 0.1) is 17.8 Å². The minimum Gasteiger partial charge on any atom is -0.493 e. The molecular formula is C40H52F3N5O10S. The highest BCUT2D eigenvalue weighted by Gasteiger charge is 2.63. The second kappa shape index (κ2) is 16.0. The second-order valence-corrected chi connectivity index (χ2v) is 19.2. The number of amides is 4. The van der Waals surface area contributed by atoms with E-state index in [1.54, 1.807) is 31.2 Å². The lowest BCUT2D eigenvalue weighted by molar-refractivity contribution is -0.244. The average molecular weight is 852 g/mol. The molecule has 0 unspecified atom stereocenters. The molecule has 1 saturated heterocycles. The van der Waals surface area contributed by atoms with Crippen molar-refractivity contribution in [3.05, 3.63) is 36.5 Å². The molecule has 0 spiro atoms. The van der Waals surface area contributed by atoms with Gasteiger partial charge in [-0.3, -0.25) is 19.1 Å². The molecule has 3 N–H and O–H groups in total. The number of rotatable bonds is 9. The van der Waals surface area contributed by atoms with Crippen LogP contribution in [0.25, 0.3) is 10.8 Å². The van der Waals surface area contributed by atoms with Crippen molar-refractivity contribution in [2.75, 3.05) is 20.8 Å². The summed E-state index contributed by atoms with van der Waals surface area (Å²) in [6.07, 6.45) is 0.0385. The van der Waals surface area contributed by atoms with Crippen molar-refractivity contribution in [3.63, 3.8) is 0 Å². The van der Waals surface area contributed by atoms with Gasteiger partial charge >= 0.3 is 12.3 Å². The predicted octanol–water partition coefficient (Wildman–Crippen LogP) is 4.92. The first kappa shape index (κ1) is 43.8. The van der Waals surface area contributed by atoms with E-state index < -0.39 is 85.9 Å². The Morgan fingerprint density at radius 2 is 1.73 bits per heavy atom. The van der Waals surface area contributed by atoms with Crippen LogP contribution in [0.3, 0.4) is 0 Å². The summed E-state index contributed by atoms with van der Waals surface area (Å²) in [4.78, 5) is 62.0. The molecular weight excluding hydrogens is 800 g/mol. The monoisotopic (exact) mass is 851 g/mol. The van der Waals surface area contributed by atoms with E-state index in [1.807, 2.05) is 13.0 Å². The number of alkyl halides is 3. The highest BCUT2D eigenvalue weighted by molar-refractivity contribution is 7.91. The fourth-order valence-corrected chi connectivity index (χ4v) is 9.08. The molecule has 2 aliphatic heterocycles. The van der Waals surface area contributed by atoms with Crippen LogP contribution in [0.5, 0.6) is 17.4 Å². The van der Waals surface area contributed by atoms with E-state index in [0.717, 1.165) is 0 Å². The molecule has 59 heavy (non-hydrogen) atoms. The zero-order valence-corrected chi connectivity index (χ0v) is 34.9. The van der Waals surface area contributed by atoms with Crippen molar-refractivity contribution in [2.24, 2.45) is 17.8 Å². The Labute approximate surface area is 341 Å². The van der Waals surface area contributed by atoms with Gasteiger partial charge < -0.3 is 34.5 Å². The van der Waals surface area contributed by atoms with Crippen molar-refractivity contribution < 1.29 is 59.7 Å². The number of alkyl carbamates (subject to hydrolysis) is 1. The summed E-state index contributed by atoms with van der Waals surface area (Å²) >= 11 is 0. The van der Waals surface area contributed by atoms with E-state index >= 15 is 0 Å². The van der Waals surface area contributed by atoms with Crippen LogP contribution in [-0.2, 0) is 29.1 Å². The van der Waals surface area contributed by atoms with E-state index in [9.17, 15) is 40.8 Å². The van der Waals surface area contributed by atoms with Crippen molar-refractivity contribution in [2.45, 2.75) is 120 Å². The normalized spacial score (nSPS) is 29.1. The standard InChI is InChI=1S/C40H52F3N5O10S/c1-22-10-8-9-11-25-20-39(25,35(51)47-59(53,54)38(5)13-14-38)46-32(49)28-18-26(57-33-27-19-30(56-7)29(55-6)17-24(27)12-15-44-33)21-48(28)34(50)31(23(2)16-22)45-36(52)58-37(3,4)40(41,42)43/h9,11-12,15,17,19,22-23,25-26,28,31H,8,10,13-14,16,18,20-21H2,1-7H3,(H,45,52)(H,46,49)(H,47,51)/b11-9-/t22-,23-,25-,26-,28+,31+,39-/m1/s1. The molecule has 2 saturated carbocycles. The number of methoxy groups -OCH3 is 2. The van der Waals surface area contributed by atoms with Gasteiger partial charge in [-0.05, 0) is 94.7 Å². The third-order valence-corrected chi connectivity index (χ3v) is 14.2. The first-order chi connectivity index (χ1) is 27.5. The molecule has 15 nitrogen and oxygen atoms in total. The maximum Gasteiger partial charge on any atom is 0.427 e. The number of benzene rings is 1. The van der Waals surface area contributed by atoms with Gasteiger partial charge in [0.15, 0.2) is 11.5 Å². The van der Waals surface area contributed by atoms with Crippen molar-refractivity contribution in [1.82, 2.24) is 25.2 Å². The van der Waals surface area contributed by atoms with Crippen LogP contribution >= 0.6 is 0 Å². The summed E-state index contributed by atoms with van der Waals surface area (Å²) < 4.78 is 90.9. The molecule has 0 bridgehead atoms. The second-order valence-electron chi connectivity index (χ2n) is 17.0. The van der Waals surface area contributed by atoms with Gasteiger partial charge in [0.05, 0.1) is 25.5 Å². The maximum absolute atomic E-state index is 14.8. The van der Waals surface area contributed by atoms with Crippen LogP contribution in [0.15, 0.2) is 36.5 Å². The Morgan fingerprint density at radius 1 is 1.05 bits per heavy atom. The number of carbonyl (C=O) groups is 4. The number of pyridine rings is 1. The summed E-state index contributed by atoms with van der Waals surface area (Å²) in [7, 11) is -1.13. The lowest BCUT2D eigenvalue weighted by Gasteiger charge is -2.34. The van der Waals surface area contributed by atoms with Crippen LogP contribution in [0.4, 0.5) is 18.0 Å². The Kier molecular flexibility index (Phi) is 11.9.